The molecule has 2 atom stereocenters. The molecule has 0 radical (unpaired) electrons. The molecule has 0 aliphatic carbocycles. The first-order valence-electron chi connectivity index (χ1n) is 4.46. The van der Waals surface area contributed by atoms with Gasteiger partial charge in [0.25, 0.3) is 0 Å². The van der Waals surface area contributed by atoms with Crippen LogP contribution in [0.4, 0.5) is 0 Å². The lowest BCUT2D eigenvalue weighted by Gasteiger charge is -2.20. The molecule has 2 nitrogen and oxygen atoms in total. The fraction of sp³-hybridized carbons (Fsp3) is 0.455. The van der Waals surface area contributed by atoms with Crippen molar-refractivity contribution in [3.05, 3.63) is 37.0 Å². The van der Waals surface area contributed by atoms with Crippen molar-refractivity contribution in [2.24, 2.45) is 0 Å². The molecule has 0 aromatic carbocycles. The fourth-order valence-electron chi connectivity index (χ4n) is 1.37. The van der Waals surface area contributed by atoms with Crippen LogP contribution in [0.25, 0.3) is 0 Å². The SMILES string of the molecule is C=CCO[C@@H](C)[C@@H]1OCC=C1C=C. The molecule has 0 N–H and O–H groups in total. The molecule has 13 heavy (non-hydrogen) atoms. The predicted octanol–water partition coefficient (Wildman–Crippen LogP) is 2.09. The van der Waals surface area contributed by atoms with E-state index in [2.05, 4.69) is 13.2 Å². The molecule has 0 aromatic heterocycles. The molecule has 0 saturated carbocycles. The van der Waals surface area contributed by atoms with Gasteiger partial charge < -0.3 is 9.47 Å². The number of rotatable bonds is 5. The smallest absolute Gasteiger partial charge is 0.109 e. The molecule has 0 bridgehead atoms. The third-order valence-electron chi connectivity index (χ3n) is 2.06. The lowest BCUT2D eigenvalue weighted by Crippen LogP contribution is -2.27. The molecule has 1 aliphatic heterocycles. The van der Waals surface area contributed by atoms with E-state index in [0.717, 1.165) is 5.57 Å². The highest BCUT2D eigenvalue weighted by atomic mass is 16.5. The largest absolute Gasteiger partial charge is 0.371 e. The number of ether oxygens (including phenoxy) is 2. The Bertz CT molecular complexity index is 218. The quantitative estimate of drug-likeness (QED) is 0.603. The van der Waals surface area contributed by atoms with Crippen molar-refractivity contribution in [3.8, 4) is 0 Å². The van der Waals surface area contributed by atoms with Gasteiger partial charge in [0.15, 0.2) is 0 Å². The average molecular weight is 180 g/mol. The Morgan fingerprint density at radius 2 is 2.54 bits per heavy atom. The molecule has 0 aromatic rings. The molecular weight excluding hydrogens is 164 g/mol. The van der Waals surface area contributed by atoms with Crippen LogP contribution in [0.3, 0.4) is 0 Å². The van der Waals surface area contributed by atoms with Gasteiger partial charge in [-0.05, 0) is 12.5 Å². The number of hydrogen-bond donors (Lipinski definition) is 0. The van der Waals surface area contributed by atoms with E-state index < -0.39 is 0 Å². The molecule has 0 amide bonds. The van der Waals surface area contributed by atoms with Crippen molar-refractivity contribution in [3.63, 3.8) is 0 Å². The van der Waals surface area contributed by atoms with Crippen molar-refractivity contribution in [2.75, 3.05) is 13.2 Å². The highest BCUT2D eigenvalue weighted by molar-refractivity contribution is 5.25. The minimum absolute atomic E-state index is 0.0393. The molecule has 0 saturated heterocycles. The monoisotopic (exact) mass is 180 g/mol. The van der Waals surface area contributed by atoms with E-state index in [1.54, 1.807) is 6.08 Å². The average Bonchev–Trinajstić information content (AvgIpc) is 2.61. The summed E-state index contributed by atoms with van der Waals surface area (Å²) in [7, 11) is 0. The summed E-state index contributed by atoms with van der Waals surface area (Å²) in [6.07, 6.45) is 5.70. The van der Waals surface area contributed by atoms with Crippen LogP contribution in [-0.4, -0.2) is 25.4 Å². The van der Waals surface area contributed by atoms with E-state index in [1.165, 1.54) is 0 Å². The second-order valence-electron chi connectivity index (χ2n) is 2.99. The van der Waals surface area contributed by atoms with Gasteiger partial charge in [0.1, 0.15) is 6.10 Å². The van der Waals surface area contributed by atoms with E-state index in [9.17, 15) is 0 Å². The van der Waals surface area contributed by atoms with Gasteiger partial charge in [-0.1, -0.05) is 24.8 Å². The molecule has 2 heteroatoms. The summed E-state index contributed by atoms with van der Waals surface area (Å²) in [6.45, 7) is 10.5. The van der Waals surface area contributed by atoms with E-state index in [-0.39, 0.29) is 12.2 Å². The maximum Gasteiger partial charge on any atom is 0.109 e. The highest BCUT2D eigenvalue weighted by Gasteiger charge is 2.24. The summed E-state index contributed by atoms with van der Waals surface area (Å²) in [5.41, 5.74) is 1.12. The summed E-state index contributed by atoms with van der Waals surface area (Å²) in [5.74, 6) is 0. The Balaban J connectivity index is 2.46. The molecule has 0 fully saturated rings. The standard InChI is InChI=1S/C11H16O2/c1-4-7-12-9(3)11-10(5-2)6-8-13-11/h4-6,9,11H,1-2,7-8H2,3H3/t9-,11-/m0/s1. The van der Waals surface area contributed by atoms with Crippen LogP contribution < -0.4 is 0 Å². The summed E-state index contributed by atoms with van der Waals surface area (Å²) < 4.78 is 11.0. The molecule has 1 rings (SSSR count). The first kappa shape index (κ1) is 10.2. The van der Waals surface area contributed by atoms with Gasteiger partial charge in [-0.25, -0.2) is 0 Å². The molecule has 0 unspecified atom stereocenters. The second kappa shape index (κ2) is 5.00. The lowest BCUT2D eigenvalue weighted by molar-refractivity contribution is -0.0195. The first-order valence-corrected chi connectivity index (χ1v) is 4.46. The molecule has 72 valence electrons. The zero-order chi connectivity index (χ0) is 9.68. The second-order valence-corrected chi connectivity index (χ2v) is 2.99. The topological polar surface area (TPSA) is 18.5 Å². The normalized spacial score (nSPS) is 23.8. The zero-order valence-electron chi connectivity index (χ0n) is 8.03. The minimum Gasteiger partial charge on any atom is -0.371 e. The predicted molar refractivity (Wildman–Crippen MR) is 53.6 cm³/mol. The first-order chi connectivity index (χ1) is 6.29. The Labute approximate surface area is 79.5 Å². The van der Waals surface area contributed by atoms with Gasteiger partial charge >= 0.3 is 0 Å². The van der Waals surface area contributed by atoms with Gasteiger partial charge in [0.2, 0.25) is 0 Å². The third kappa shape index (κ3) is 2.54. The van der Waals surface area contributed by atoms with Crippen LogP contribution in [0.5, 0.6) is 0 Å². The van der Waals surface area contributed by atoms with Gasteiger partial charge in [-0.2, -0.15) is 0 Å². The Kier molecular flexibility index (Phi) is 3.93. The van der Waals surface area contributed by atoms with Crippen LogP contribution in [0.15, 0.2) is 37.0 Å². The highest BCUT2D eigenvalue weighted by Crippen LogP contribution is 2.20. The van der Waals surface area contributed by atoms with Gasteiger partial charge in [-0.15, -0.1) is 6.58 Å². The summed E-state index contributed by atoms with van der Waals surface area (Å²) >= 11 is 0. The zero-order valence-corrected chi connectivity index (χ0v) is 8.03. The van der Waals surface area contributed by atoms with Gasteiger partial charge in [-0.3, -0.25) is 0 Å². The van der Waals surface area contributed by atoms with Crippen molar-refractivity contribution in [1.29, 1.82) is 0 Å². The van der Waals surface area contributed by atoms with Crippen molar-refractivity contribution in [2.45, 2.75) is 19.1 Å². The Hall–Kier alpha value is -0.860. The van der Waals surface area contributed by atoms with Crippen molar-refractivity contribution in [1.82, 2.24) is 0 Å². The minimum atomic E-state index is 0.0393. The molecular formula is C11H16O2. The van der Waals surface area contributed by atoms with E-state index in [0.29, 0.717) is 13.2 Å². The maximum atomic E-state index is 5.49. The number of hydrogen-bond acceptors (Lipinski definition) is 2. The van der Waals surface area contributed by atoms with Crippen LogP contribution in [0, 0.1) is 0 Å². The summed E-state index contributed by atoms with van der Waals surface area (Å²) in [4.78, 5) is 0. The van der Waals surface area contributed by atoms with Crippen molar-refractivity contribution >= 4 is 0 Å². The molecule has 1 aliphatic rings. The summed E-state index contributed by atoms with van der Waals surface area (Å²) in [5, 5.41) is 0. The van der Waals surface area contributed by atoms with Crippen LogP contribution in [0.2, 0.25) is 0 Å². The fourth-order valence-corrected chi connectivity index (χ4v) is 1.37. The van der Waals surface area contributed by atoms with Crippen LogP contribution in [0.1, 0.15) is 6.92 Å². The lowest BCUT2D eigenvalue weighted by atomic mass is 10.1. The van der Waals surface area contributed by atoms with Crippen molar-refractivity contribution < 1.29 is 9.47 Å². The Morgan fingerprint density at radius 1 is 1.77 bits per heavy atom. The van der Waals surface area contributed by atoms with Crippen LogP contribution >= 0.6 is 0 Å². The van der Waals surface area contributed by atoms with E-state index in [1.807, 2.05) is 19.1 Å². The van der Waals surface area contributed by atoms with Gasteiger partial charge in [0, 0.05) is 0 Å². The van der Waals surface area contributed by atoms with Gasteiger partial charge in [0.05, 0.1) is 19.3 Å². The third-order valence-corrected chi connectivity index (χ3v) is 2.06. The maximum absolute atomic E-state index is 5.49. The van der Waals surface area contributed by atoms with E-state index >= 15 is 0 Å². The summed E-state index contributed by atoms with van der Waals surface area (Å²) in [6, 6.07) is 0. The molecule has 0 spiro atoms. The van der Waals surface area contributed by atoms with E-state index in [4.69, 9.17) is 9.47 Å². The Morgan fingerprint density at radius 3 is 3.15 bits per heavy atom. The molecule has 1 heterocycles. The van der Waals surface area contributed by atoms with Crippen LogP contribution in [-0.2, 0) is 9.47 Å².